The van der Waals surface area contributed by atoms with Crippen molar-refractivity contribution in [2.75, 3.05) is 5.32 Å². The van der Waals surface area contributed by atoms with E-state index in [1.807, 2.05) is 42.5 Å². The molecular formula is C25H21F3N2O2. The maximum Gasteiger partial charge on any atom is 0.573 e. The molecule has 0 saturated heterocycles. The Hall–Kier alpha value is -3.74. The van der Waals surface area contributed by atoms with Gasteiger partial charge in [-0.1, -0.05) is 56.3 Å². The number of hydrogen-bond acceptors (Lipinski definition) is 2. The van der Waals surface area contributed by atoms with Crippen molar-refractivity contribution in [1.29, 1.82) is 0 Å². The average molecular weight is 438 g/mol. The van der Waals surface area contributed by atoms with Crippen molar-refractivity contribution in [3.8, 4) is 16.9 Å². The van der Waals surface area contributed by atoms with Gasteiger partial charge in [0.25, 0.3) is 0 Å². The van der Waals surface area contributed by atoms with Crippen LogP contribution in [0.1, 0.15) is 25.3 Å². The molecule has 4 rings (SSSR count). The molecule has 0 radical (unpaired) electrons. The van der Waals surface area contributed by atoms with E-state index in [0.717, 1.165) is 34.2 Å². The average Bonchev–Trinajstić information content (AvgIpc) is 3.14. The van der Waals surface area contributed by atoms with Crippen LogP contribution in [0, 0.1) is 0 Å². The number of rotatable bonds is 4. The second kappa shape index (κ2) is 8.42. The highest BCUT2D eigenvalue weighted by Crippen LogP contribution is 2.35. The van der Waals surface area contributed by atoms with Gasteiger partial charge in [0.15, 0.2) is 0 Å². The van der Waals surface area contributed by atoms with Gasteiger partial charge in [-0.15, -0.1) is 13.2 Å². The maximum atomic E-state index is 13.0. The van der Waals surface area contributed by atoms with E-state index in [1.165, 1.54) is 22.3 Å². The molecule has 0 aliphatic heterocycles. The number of carbonyl (C=O) groups excluding carboxylic acids is 1. The number of halogens is 3. The Morgan fingerprint density at radius 3 is 2.25 bits per heavy atom. The minimum absolute atomic E-state index is 0.305. The van der Waals surface area contributed by atoms with E-state index in [9.17, 15) is 18.0 Å². The summed E-state index contributed by atoms with van der Waals surface area (Å²) in [4.78, 5) is 13.0. The molecule has 1 aromatic heterocycles. The van der Waals surface area contributed by atoms with E-state index in [4.69, 9.17) is 0 Å². The number of nitrogens with zero attached hydrogens (tertiary/aromatic N) is 1. The Kier molecular flexibility index (Phi) is 5.65. The lowest BCUT2D eigenvalue weighted by Gasteiger charge is -2.12. The highest BCUT2D eigenvalue weighted by Gasteiger charge is 2.31. The largest absolute Gasteiger partial charge is 0.573 e. The summed E-state index contributed by atoms with van der Waals surface area (Å²) in [6.45, 7) is 4.24. The summed E-state index contributed by atoms with van der Waals surface area (Å²) < 4.78 is 42.4. The fourth-order valence-corrected chi connectivity index (χ4v) is 3.73. The Labute approximate surface area is 183 Å². The molecule has 3 aromatic carbocycles. The molecule has 0 atom stereocenters. The molecule has 4 aromatic rings. The van der Waals surface area contributed by atoms with Crippen molar-refractivity contribution >= 4 is 22.6 Å². The molecule has 0 aliphatic rings. The van der Waals surface area contributed by atoms with Crippen LogP contribution in [0.4, 0.5) is 23.7 Å². The lowest BCUT2D eigenvalue weighted by atomic mass is 9.92. The third-order valence-corrected chi connectivity index (χ3v) is 5.14. The van der Waals surface area contributed by atoms with E-state index in [-0.39, 0.29) is 5.75 Å². The molecule has 1 amide bonds. The number of para-hydroxylation sites is 1. The van der Waals surface area contributed by atoms with Crippen LogP contribution in [0.5, 0.6) is 5.75 Å². The summed E-state index contributed by atoms with van der Waals surface area (Å²) in [7, 11) is 0. The number of aromatic nitrogens is 1. The number of ether oxygens (including phenoxy) is 1. The summed E-state index contributed by atoms with van der Waals surface area (Å²) in [6.07, 6.45) is -2.97. The smallest absolute Gasteiger partial charge is 0.406 e. The third kappa shape index (κ3) is 4.46. The minimum atomic E-state index is -4.77. The monoisotopic (exact) mass is 438 g/mol. The van der Waals surface area contributed by atoms with Crippen LogP contribution < -0.4 is 10.1 Å². The normalized spacial score (nSPS) is 11.7. The second-order valence-electron chi connectivity index (χ2n) is 7.67. The van der Waals surface area contributed by atoms with Gasteiger partial charge in [-0.05, 0) is 47.4 Å². The second-order valence-corrected chi connectivity index (χ2v) is 7.67. The van der Waals surface area contributed by atoms with Crippen LogP contribution in [-0.4, -0.2) is 17.0 Å². The SMILES string of the molecule is CC(C)c1ccccc1-c1cn(C(=O)Nc2ccc(OC(F)(F)F)cc2)c2ccccc12. The first-order valence-corrected chi connectivity index (χ1v) is 10.1. The molecule has 0 aliphatic carbocycles. The summed E-state index contributed by atoms with van der Waals surface area (Å²) in [5.41, 5.74) is 4.26. The highest BCUT2D eigenvalue weighted by atomic mass is 19.4. The van der Waals surface area contributed by atoms with E-state index in [2.05, 4.69) is 30.0 Å². The van der Waals surface area contributed by atoms with E-state index in [0.29, 0.717) is 11.6 Å². The van der Waals surface area contributed by atoms with Crippen LogP contribution in [0.15, 0.2) is 79.0 Å². The van der Waals surface area contributed by atoms with Gasteiger partial charge < -0.3 is 10.1 Å². The number of alkyl halides is 3. The molecule has 0 bridgehead atoms. The molecule has 1 heterocycles. The predicted octanol–water partition coefficient (Wildman–Crippen LogP) is 7.41. The van der Waals surface area contributed by atoms with Gasteiger partial charge in [-0.2, -0.15) is 0 Å². The number of fused-ring (bicyclic) bond motifs is 1. The molecule has 0 saturated carbocycles. The van der Waals surface area contributed by atoms with Crippen molar-refractivity contribution < 1.29 is 22.7 Å². The molecule has 164 valence electrons. The number of hydrogen-bond donors (Lipinski definition) is 1. The summed E-state index contributed by atoms with van der Waals surface area (Å²) in [5.74, 6) is -0.0472. The lowest BCUT2D eigenvalue weighted by molar-refractivity contribution is -0.274. The van der Waals surface area contributed by atoms with Crippen LogP contribution >= 0.6 is 0 Å². The lowest BCUT2D eigenvalue weighted by Crippen LogP contribution is -2.19. The molecule has 4 nitrogen and oxygen atoms in total. The van der Waals surface area contributed by atoms with Gasteiger partial charge in [0.1, 0.15) is 5.75 Å². The topological polar surface area (TPSA) is 43.3 Å². The molecule has 0 unspecified atom stereocenters. The van der Waals surface area contributed by atoms with E-state index >= 15 is 0 Å². The van der Waals surface area contributed by atoms with Crippen molar-refractivity contribution in [1.82, 2.24) is 4.57 Å². The quantitative estimate of drug-likeness (QED) is 0.360. The fraction of sp³-hybridized carbons (Fsp3) is 0.160. The molecule has 0 spiro atoms. The molecule has 1 N–H and O–H groups in total. The molecular weight excluding hydrogens is 417 g/mol. The number of amides is 1. The van der Waals surface area contributed by atoms with Crippen LogP contribution in [0.25, 0.3) is 22.0 Å². The predicted molar refractivity (Wildman–Crippen MR) is 119 cm³/mol. The number of carbonyl (C=O) groups is 1. The van der Waals surface area contributed by atoms with E-state index in [1.54, 1.807) is 6.20 Å². The molecule has 32 heavy (non-hydrogen) atoms. The Balaban J connectivity index is 1.68. The third-order valence-electron chi connectivity index (χ3n) is 5.14. The van der Waals surface area contributed by atoms with Gasteiger partial charge in [-0.25, -0.2) is 4.79 Å². The minimum Gasteiger partial charge on any atom is -0.406 e. The summed E-state index contributed by atoms with van der Waals surface area (Å²) in [5, 5.41) is 3.66. The van der Waals surface area contributed by atoms with Gasteiger partial charge in [0.2, 0.25) is 0 Å². The van der Waals surface area contributed by atoms with Gasteiger partial charge in [0, 0.05) is 22.8 Å². The van der Waals surface area contributed by atoms with Gasteiger partial charge in [-0.3, -0.25) is 4.57 Å². The zero-order valence-corrected chi connectivity index (χ0v) is 17.5. The van der Waals surface area contributed by atoms with Crippen molar-refractivity contribution in [3.63, 3.8) is 0 Å². The zero-order valence-electron chi connectivity index (χ0n) is 17.5. The first-order chi connectivity index (χ1) is 15.2. The number of nitrogens with one attached hydrogen (secondary N) is 1. The number of benzene rings is 3. The highest BCUT2D eigenvalue weighted by molar-refractivity contribution is 6.05. The fourth-order valence-electron chi connectivity index (χ4n) is 3.73. The van der Waals surface area contributed by atoms with E-state index < -0.39 is 12.4 Å². The van der Waals surface area contributed by atoms with Gasteiger partial charge in [0.05, 0.1) is 5.52 Å². The van der Waals surface area contributed by atoms with Crippen LogP contribution in [0.2, 0.25) is 0 Å². The van der Waals surface area contributed by atoms with Crippen LogP contribution in [0.3, 0.4) is 0 Å². The Morgan fingerprint density at radius 1 is 0.906 bits per heavy atom. The number of anilines is 1. The first-order valence-electron chi connectivity index (χ1n) is 10.1. The zero-order chi connectivity index (χ0) is 22.9. The van der Waals surface area contributed by atoms with Gasteiger partial charge >= 0.3 is 12.4 Å². The summed E-state index contributed by atoms with van der Waals surface area (Å²) >= 11 is 0. The standard InChI is InChI=1S/C25H21F3N2O2/c1-16(2)19-7-3-4-8-20(19)22-15-30(23-10-6-5-9-21(22)23)24(31)29-17-11-13-18(14-12-17)32-25(26,27)28/h3-16H,1-2H3,(H,29,31). The van der Waals surface area contributed by atoms with Crippen molar-refractivity contribution in [3.05, 3.63) is 84.6 Å². The Morgan fingerprint density at radius 2 is 1.56 bits per heavy atom. The first kappa shape index (κ1) is 21.5. The molecule has 0 fully saturated rings. The molecule has 7 heteroatoms. The van der Waals surface area contributed by atoms with Crippen molar-refractivity contribution in [2.24, 2.45) is 0 Å². The van der Waals surface area contributed by atoms with Crippen molar-refractivity contribution in [2.45, 2.75) is 26.1 Å². The Bertz CT molecular complexity index is 1260. The van der Waals surface area contributed by atoms with Crippen LogP contribution in [-0.2, 0) is 0 Å². The summed E-state index contributed by atoms with van der Waals surface area (Å²) in [6, 6.07) is 20.3. The maximum absolute atomic E-state index is 13.0.